The Morgan fingerprint density at radius 1 is 1.09 bits per heavy atom. The molecular weight excluding hydrogens is 333 g/mol. The Labute approximate surface area is 146 Å². The molecule has 2 aromatic rings. The molecule has 2 aromatic carbocycles. The molecule has 1 atom stereocenters. The van der Waals surface area contributed by atoms with Crippen molar-refractivity contribution in [2.45, 2.75) is 33.8 Å². The van der Waals surface area contributed by atoms with Gasteiger partial charge >= 0.3 is 0 Å². The Morgan fingerprint density at radius 2 is 1.78 bits per heavy atom. The molecule has 0 aliphatic heterocycles. The topological polar surface area (TPSA) is 38.3 Å². The van der Waals surface area contributed by atoms with Gasteiger partial charge in [-0.2, -0.15) is 0 Å². The van der Waals surface area contributed by atoms with Crippen molar-refractivity contribution in [3.63, 3.8) is 0 Å². The van der Waals surface area contributed by atoms with Crippen LogP contribution >= 0.6 is 23.2 Å². The highest BCUT2D eigenvalue weighted by atomic mass is 35.5. The standard InChI is InChI=1S/C18H19Cl2NO2/c1-10-7-11(2)12(3)17(8-10)23-13(4)18(22)21-14-5-6-15(19)16(20)9-14/h5-9,13H,1-4H3,(H,21,22)/t13-/m0/s1. The number of carbonyl (C=O) groups is 1. The van der Waals surface area contributed by atoms with Gasteiger partial charge in [-0.15, -0.1) is 0 Å². The molecule has 0 aromatic heterocycles. The van der Waals surface area contributed by atoms with Crippen molar-refractivity contribution in [3.05, 3.63) is 57.1 Å². The fraction of sp³-hybridized carbons (Fsp3) is 0.278. The molecule has 0 unspecified atom stereocenters. The number of anilines is 1. The minimum Gasteiger partial charge on any atom is -0.481 e. The van der Waals surface area contributed by atoms with Crippen LogP contribution in [0.5, 0.6) is 5.75 Å². The van der Waals surface area contributed by atoms with Gasteiger partial charge in [-0.3, -0.25) is 4.79 Å². The predicted octanol–water partition coefficient (Wildman–Crippen LogP) is 5.32. The summed E-state index contributed by atoms with van der Waals surface area (Å²) in [6.07, 6.45) is -0.635. The van der Waals surface area contributed by atoms with Gasteiger partial charge in [0, 0.05) is 5.69 Å². The van der Waals surface area contributed by atoms with Crippen LogP contribution in [0.25, 0.3) is 0 Å². The van der Waals surface area contributed by atoms with Crippen molar-refractivity contribution in [1.82, 2.24) is 0 Å². The van der Waals surface area contributed by atoms with Crippen LogP contribution in [0.1, 0.15) is 23.6 Å². The number of hydrogen-bond donors (Lipinski definition) is 1. The van der Waals surface area contributed by atoms with E-state index in [9.17, 15) is 4.79 Å². The third kappa shape index (κ3) is 4.40. The average molecular weight is 352 g/mol. The van der Waals surface area contributed by atoms with E-state index < -0.39 is 6.10 Å². The predicted molar refractivity (Wildman–Crippen MR) is 95.8 cm³/mol. The first kappa shape index (κ1) is 17.6. The number of halogens is 2. The highest BCUT2D eigenvalue weighted by Gasteiger charge is 2.17. The molecule has 0 heterocycles. The van der Waals surface area contributed by atoms with Gasteiger partial charge in [0.25, 0.3) is 5.91 Å². The van der Waals surface area contributed by atoms with E-state index in [1.807, 2.05) is 26.8 Å². The number of aryl methyl sites for hydroxylation is 2. The molecular formula is C18H19Cl2NO2. The molecule has 5 heteroatoms. The number of nitrogens with one attached hydrogen (secondary N) is 1. The van der Waals surface area contributed by atoms with E-state index in [-0.39, 0.29) is 5.91 Å². The molecule has 23 heavy (non-hydrogen) atoms. The van der Waals surface area contributed by atoms with Gasteiger partial charge in [0.2, 0.25) is 0 Å². The maximum Gasteiger partial charge on any atom is 0.265 e. The summed E-state index contributed by atoms with van der Waals surface area (Å²) in [7, 11) is 0. The van der Waals surface area contributed by atoms with E-state index in [1.54, 1.807) is 25.1 Å². The quantitative estimate of drug-likeness (QED) is 0.808. The number of benzene rings is 2. The fourth-order valence-corrected chi connectivity index (χ4v) is 2.48. The third-order valence-electron chi connectivity index (χ3n) is 3.62. The summed E-state index contributed by atoms with van der Waals surface area (Å²) < 4.78 is 5.82. The maximum absolute atomic E-state index is 12.3. The minimum absolute atomic E-state index is 0.248. The summed E-state index contributed by atoms with van der Waals surface area (Å²) in [4.78, 5) is 12.3. The first-order valence-electron chi connectivity index (χ1n) is 7.28. The zero-order valence-corrected chi connectivity index (χ0v) is 15.0. The zero-order chi connectivity index (χ0) is 17.1. The SMILES string of the molecule is Cc1cc(C)c(C)c(O[C@@H](C)C(=O)Nc2ccc(Cl)c(Cl)c2)c1. The van der Waals surface area contributed by atoms with Gasteiger partial charge in [0.05, 0.1) is 10.0 Å². The molecule has 122 valence electrons. The van der Waals surface area contributed by atoms with Crippen molar-refractivity contribution in [2.24, 2.45) is 0 Å². The van der Waals surface area contributed by atoms with Crippen LogP contribution in [0.15, 0.2) is 30.3 Å². The Hall–Kier alpha value is -1.71. The lowest BCUT2D eigenvalue weighted by molar-refractivity contribution is -0.122. The first-order valence-corrected chi connectivity index (χ1v) is 8.04. The van der Waals surface area contributed by atoms with Gasteiger partial charge in [-0.05, 0) is 68.7 Å². The van der Waals surface area contributed by atoms with E-state index in [4.69, 9.17) is 27.9 Å². The van der Waals surface area contributed by atoms with Crippen molar-refractivity contribution in [3.8, 4) is 5.75 Å². The second-order valence-electron chi connectivity index (χ2n) is 5.58. The molecule has 1 amide bonds. The van der Waals surface area contributed by atoms with E-state index in [1.165, 1.54) is 0 Å². The highest BCUT2D eigenvalue weighted by Crippen LogP contribution is 2.26. The van der Waals surface area contributed by atoms with Crippen LogP contribution in [0.3, 0.4) is 0 Å². The average Bonchev–Trinajstić information content (AvgIpc) is 2.48. The van der Waals surface area contributed by atoms with Gasteiger partial charge in [-0.25, -0.2) is 0 Å². The number of hydrogen-bond acceptors (Lipinski definition) is 2. The van der Waals surface area contributed by atoms with Crippen LogP contribution in [-0.4, -0.2) is 12.0 Å². The molecule has 0 fully saturated rings. The van der Waals surface area contributed by atoms with Crippen LogP contribution in [0.4, 0.5) is 5.69 Å². The molecule has 3 nitrogen and oxygen atoms in total. The third-order valence-corrected chi connectivity index (χ3v) is 4.36. The summed E-state index contributed by atoms with van der Waals surface area (Å²) in [6.45, 7) is 7.72. The molecule has 2 rings (SSSR count). The van der Waals surface area contributed by atoms with Crippen molar-refractivity contribution >= 4 is 34.8 Å². The lowest BCUT2D eigenvalue weighted by atomic mass is 10.1. The molecule has 1 N–H and O–H groups in total. The summed E-state index contributed by atoms with van der Waals surface area (Å²) >= 11 is 11.8. The van der Waals surface area contributed by atoms with E-state index >= 15 is 0 Å². The Bertz CT molecular complexity index is 744. The lowest BCUT2D eigenvalue weighted by Crippen LogP contribution is -2.30. The highest BCUT2D eigenvalue weighted by molar-refractivity contribution is 6.42. The largest absolute Gasteiger partial charge is 0.481 e. The minimum atomic E-state index is -0.635. The van der Waals surface area contributed by atoms with E-state index in [0.29, 0.717) is 15.7 Å². The van der Waals surface area contributed by atoms with Crippen LogP contribution < -0.4 is 10.1 Å². The number of rotatable bonds is 4. The fourth-order valence-electron chi connectivity index (χ4n) is 2.18. The van der Waals surface area contributed by atoms with Crippen molar-refractivity contribution < 1.29 is 9.53 Å². The Balaban J connectivity index is 2.10. The van der Waals surface area contributed by atoms with Crippen LogP contribution in [-0.2, 0) is 4.79 Å². The van der Waals surface area contributed by atoms with Gasteiger partial charge < -0.3 is 10.1 Å². The normalized spacial score (nSPS) is 11.9. The molecule has 0 aliphatic carbocycles. The molecule has 0 aliphatic rings. The van der Waals surface area contributed by atoms with E-state index in [2.05, 4.69) is 11.4 Å². The monoisotopic (exact) mass is 351 g/mol. The smallest absolute Gasteiger partial charge is 0.265 e. The summed E-state index contributed by atoms with van der Waals surface area (Å²) in [6, 6.07) is 8.96. The van der Waals surface area contributed by atoms with Crippen LogP contribution in [0, 0.1) is 20.8 Å². The second kappa shape index (κ2) is 7.24. The molecule has 0 saturated carbocycles. The molecule has 0 radical (unpaired) electrons. The summed E-state index contributed by atoms with van der Waals surface area (Å²) in [5, 5.41) is 3.61. The number of ether oxygens (including phenoxy) is 1. The number of carbonyl (C=O) groups excluding carboxylic acids is 1. The van der Waals surface area contributed by atoms with Gasteiger partial charge in [0.15, 0.2) is 6.10 Å². The van der Waals surface area contributed by atoms with Crippen molar-refractivity contribution in [1.29, 1.82) is 0 Å². The molecule has 0 spiro atoms. The zero-order valence-electron chi connectivity index (χ0n) is 13.5. The second-order valence-corrected chi connectivity index (χ2v) is 6.40. The molecule has 0 bridgehead atoms. The lowest BCUT2D eigenvalue weighted by Gasteiger charge is -2.18. The first-order chi connectivity index (χ1) is 10.8. The van der Waals surface area contributed by atoms with Crippen LogP contribution in [0.2, 0.25) is 10.0 Å². The molecule has 0 saturated heterocycles. The van der Waals surface area contributed by atoms with Crippen molar-refractivity contribution in [2.75, 3.05) is 5.32 Å². The maximum atomic E-state index is 12.3. The Morgan fingerprint density at radius 3 is 2.43 bits per heavy atom. The van der Waals surface area contributed by atoms with Gasteiger partial charge in [0.1, 0.15) is 5.75 Å². The van der Waals surface area contributed by atoms with E-state index in [0.717, 1.165) is 22.4 Å². The number of amides is 1. The van der Waals surface area contributed by atoms with Gasteiger partial charge in [-0.1, -0.05) is 29.3 Å². The summed E-state index contributed by atoms with van der Waals surface area (Å²) in [5.74, 6) is 0.473. The Kier molecular flexibility index (Phi) is 5.55. The summed E-state index contributed by atoms with van der Waals surface area (Å²) in [5.41, 5.74) is 3.85.